The zero-order chi connectivity index (χ0) is 21.7. The molecule has 2 aromatic heterocycles. The quantitative estimate of drug-likeness (QED) is 0.566. The van der Waals surface area contributed by atoms with Crippen molar-refractivity contribution in [1.82, 2.24) is 30.1 Å². The lowest BCUT2D eigenvalue weighted by Crippen LogP contribution is -2.43. The number of hydrogen-bond acceptors (Lipinski definition) is 5. The van der Waals surface area contributed by atoms with Crippen molar-refractivity contribution in [3.05, 3.63) is 73.9 Å². The molecule has 7 nitrogen and oxygen atoms in total. The second kappa shape index (κ2) is 8.20. The molecule has 1 fully saturated rings. The van der Waals surface area contributed by atoms with Gasteiger partial charge < -0.3 is 5.32 Å². The van der Waals surface area contributed by atoms with Gasteiger partial charge in [-0.1, -0.05) is 11.6 Å². The molecule has 1 amide bonds. The molecular weight excluding hydrogens is 548 g/mol. The Morgan fingerprint density at radius 2 is 2.16 bits per heavy atom. The van der Waals surface area contributed by atoms with Gasteiger partial charge in [0.25, 0.3) is 5.91 Å². The molecule has 1 aliphatic carbocycles. The maximum Gasteiger partial charge on any atom is 0.274 e. The summed E-state index contributed by atoms with van der Waals surface area (Å²) in [5.41, 5.74) is 2.10. The summed E-state index contributed by atoms with van der Waals surface area (Å²) < 4.78 is 2.76. The molecule has 160 valence electrons. The van der Waals surface area contributed by atoms with E-state index in [4.69, 9.17) is 11.6 Å². The molecule has 31 heavy (non-hydrogen) atoms. The first-order valence-electron chi connectivity index (χ1n) is 9.95. The Labute approximate surface area is 201 Å². The summed E-state index contributed by atoms with van der Waals surface area (Å²) in [7, 11) is 0. The minimum Gasteiger partial charge on any atom is -0.318 e. The summed E-state index contributed by atoms with van der Waals surface area (Å²) in [6.45, 7) is 3.12. The molecular formula is C21H19Br2ClN6O. The molecule has 0 aromatic carbocycles. The van der Waals surface area contributed by atoms with Crippen LogP contribution >= 0.6 is 43.5 Å². The van der Waals surface area contributed by atoms with Crippen LogP contribution in [0, 0.1) is 5.92 Å². The third kappa shape index (κ3) is 4.00. The number of amides is 1. The van der Waals surface area contributed by atoms with Crippen molar-refractivity contribution in [3.8, 4) is 5.82 Å². The highest BCUT2D eigenvalue weighted by atomic mass is 79.9. The standard InChI is InChI=1S/C21H19Br2ClN6O/c1-12(13-4-5-13)28-8-6-14-9-15(22)17(11-29(14)28)26-21(31)18-10-19(23)27-30(18)20-16(24)3-2-7-25-20/h2-3,6-7,9-13H,4-5,8H2,1H3,(H,26,31). The number of hydrazine groups is 1. The summed E-state index contributed by atoms with van der Waals surface area (Å²) in [6, 6.07) is 5.54. The van der Waals surface area contributed by atoms with E-state index in [1.54, 1.807) is 24.4 Å². The van der Waals surface area contributed by atoms with Gasteiger partial charge in [-0.25, -0.2) is 14.7 Å². The predicted molar refractivity (Wildman–Crippen MR) is 125 cm³/mol. The van der Waals surface area contributed by atoms with Crippen LogP contribution in [0.2, 0.25) is 5.02 Å². The normalized spacial score (nSPS) is 19.5. The summed E-state index contributed by atoms with van der Waals surface area (Å²) in [4.78, 5) is 17.5. The maximum atomic E-state index is 13.2. The largest absolute Gasteiger partial charge is 0.318 e. The lowest BCUT2D eigenvalue weighted by atomic mass is 10.2. The van der Waals surface area contributed by atoms with E-state index in [2.05, 4.69) is 70.3 Å². The molecule has 3 aliphatic rings. The highest BCUT2D eigenvalue weighted by molar-refractivity contribution is 9.12. The Bertz CT molecular complexity index is 1150. The van der Waals surface area contributed by atoms with E-state index in [1.807, 2.05) is 12.3 Å². The fourth-order valence-electron chi connectivity index (χ4n) is 3.85. The minimum atomic E-state index is -0.315. The van der Waals surface area contributed by atoms with Crippen molar-refractivity contribution < 1.29 is 4.79 Å². The molecule has 5 rings (SSSR count). The monoisotopic (exact) mass is 564 g/mol. The van der Waals surface area contributed by atoms with Crippen molar-refractivity contribution in [1.29, 1.82) is 0 Å². The van der Waals surface area contributed by atoms with Crippen molar-refractivity contribution in [3.63, 3.8) is 0 Å². The van der Waals surface area contributed by atoms with Crippen LogP contribution in [0.15, 0.2) is 63.2 Å². The first-order valence-corrected chi connectivity index (χ1v) is 11.9. The molecule has 0 radical (unpaired) electrons. The van der Waals surface area contributed by atoms with E-state index in [9.17, 15) is 4.79 Å². The van der Waals surface area contributed by atoms with Gasteiger partial charge in [0.15, 0.2) is 5.82 Å². The summed E-state index contributed by atoms with van der Waals surface area (Å²) >= 11 is 13.2. The van der Waals surface area contributed by atoms with E-state index >= 15 is 0 Å². The topological polar surface area (TPSA) is 66.3 Å². The predicted octanol–water partition coefficient (Wildman–Crippen LogP) is 4.76. The van der Waals surface area contributed by atoms with Crippen molar-refractivity contribution >= 4 is 49.4 Å². The van der Waals surface area contributed by atoms with Gasteiger partial charge in [0.05, 0.1) is 16.4 Å². The molecule has 1 saturated carbocycles. The Morgan fingerprint density at radius 3 is 2.90 bits per heavy atom. The van der Waals surface area contributed by atoms with Crippen molar-refractivity contribution in [2.75, 3.05) is 6.54 Å². The average Bonchev–Trinajstić information content (AvgIpc) is 3.41. The van der Waals surface area contributed by atoms with E-state index in [0.29, 0.717) is 32.9 Å². The molecule has 2 aromatic rings. The third-order valence-electron chi connectivity index (χ3n) is 5.69. The molecule has 1 unspecified atom stereocenters. The first-order chi connectivity index (χ1) is 14.9. The number of nitrogens with one attached hydrogen (secondary N) is 1. The number of nitrogens with zero attached hydrogens (tertiary/aromatic N) is 5. The summed E-state index contributed by atoms with van der Waals surface area (Å²) in [5, 5.41) is 12.2. The van der Waals surface area contributed by atoms with E-state index in [0.717, 1.165) is 22.6 Å². The van der Waals surface area contributed by atoms with Crippen molar-refractivity contribution in [2.45, 2.75) is 25.8 Å². The molecule has 4 heterocycles. The van der Waals surface area contributed by atoms with Crippen LogP contribution in [0.5, 0.6) is 0 Å². The first kappa shape index (κ1) is 20.9. The van der Waals surface area contributed by atoms with Crippen LogP contribution in [-0.2, 0) is 0 Å². The Balaban J connectivity index is 1.42. The SMILES string of the molecule is CC(C1CC1)N1CC=C2C=C(Br)C(NC(=O)c3cc(Br)nn3-c3ncccc3Cl)=CN21. The number of carbonyl (C=O) groups is 1. The molecule has 1 atom stereocenters. The number of aromatic nitrogens is 3. The van der Waals surface area contributed by atoms with E-state index in [-0.39, 0.29) is 5.91 Å². The van der Waals surface area contributed by atoms with Gasteiger partial charge in [0, 0.05) is 35.5 Å². The van der Waals surface area contributed by atoms with Crippen LogP contribution in [0.25, 0.3) is 5.82 Å². The van der Waals surface area contributed by atoms with Gasteiger partial charge in [-0.2, -0.15) is 5.10 Å². The Kier molecular flexibility index (Phi) is 5.54. The highest BCUT2D eigenvalue weighted by Crippen LogP contribution is 2.39. The number of carbonyl (C=O) groups excluding carboxylic acids is 1. The van der Waals surface area contributed by atoms with Gasteiger partial charge in [-0.05, 0) is 81.8 Å². The van der Waals surface area contributed by atoms with E-state index < -0.39 is 0 Å². The zero-order valence-electron chi connectivity index (χ0n) is 16.6. The van der Waals surface area contributed by atoms with Gasteiger partial charge in [0.2, 0.25) is 0 Å². The fourth-order valence-corrected chi connectivity index (χ4v) is 4.87. The molecule has 2 aliphatic heterocycles. The fraction of sp³-hybridized carbons (Fsp3) is 0.286. The lowest BCUT2D eigenvalue weighted by molar-refractivity contribution is 0.0378. The minimum absolute atomic E-state index is 0.315. The molecule has 0 bridgehead atoms. The second-order valence-corrected chi connectivity index (χ2v) is 9.81. The van der Waals surface area contributed by atoms with E-state index in [1.165, 1.54) is 17.5 Å². The van der Waals surface area contributed by atoms with Gasteiger partial charge >= 0.3 is 0 Å². The Morgan fingerprint density at radius 1 is 1.35 bits per heavy atom. The van der Waals surface area contributed by atoms with Crippen LogP contribution < -0.4 is 5.32 Å². The van der Waals surface area contributed by atoms with Gasteiger partial charge in [-0.3, -0.25) is 9.80 Å². The number of fused-ring (bicyclic) bond motifs is 1. The maximum absolute atomic E-state index is 13.2. The Hall–Kier alpha value is -1.94. The van der Waals surface area contributed by atoms with Crippen molar-refractivity contribution in [2.24, 2.45) is 5.92 Å². The number of halogens is 3. The lowest BCUT2D eigenvalue weighted by Gasteiger charge is -2.36. The average molecular weight is 567 g/mol. The molecule has 10 heteroatoms. The molecule has 0 spiro atoms. The van der Waals surface area contributed by atoms with Crippen LogP contribution in [-0.4, -0.2) is 43.3 Å². The van der Waals surface area contributed by atoms with Gasteiger partial charge in [-0.15, -0.1) is 0 Å². The number of rotatable bonds is 5. The summed E-state index contributed by atoms with van der Waals surface area (Å²) in [5.74, 6) is 0.815. The number of hydrogen-bond donors (Lipinski definition) is 1. The second-order valence-electron chi connectivity index (χ2n) is 7.74. The van der Waals surface area contributed by atoms with Crippen LogP contribution in [0.3, 0.4) is 0 Å². The molecule has 1 N–H and O–H groups in total. The third-order valence-corrected chi connectivity index (χ3v) is 7.03. The zero-order valence-corrected chi connectivity index (χ0v) is 20.5. The number of pyridine rings is 1. The summed E-state index contributed by atoms with van der Waals surface area (Å²) in [6.07, 6.45) is 10.4. The van der Waals surface area contributed by atoms with Crippen LogP contribution in [0.4, 0.5) is 0 Å². The van der Waals surface area contributed by atoms with Crippen LogP contribution in [0.1, 0.15) is 30.3 Å². The number of allylic oxidation sites excluding steroid dienone is 2. The highest BCUT2D eigenvalue weighted by Gasteiger charge is 2.37. The van der Waals surface area contributed by atoms with Gasteiger partial charge in [0.1, 0.15) is 10.3 Å². The molecule has 0 saturated heterocycles. The smallest absolute Gasteiger partial charge is 0.274 e.